The third-order valence-electron chi connectivity index (χ3n) is 5.70. The minimum atomic E-state index is -0.435. The maximum atomic E-state index is 13.4. The second-order valence-electron chi connectivity index (χ2n) is 7.78. The fourth-order valence-electron chi connectivity index (χ4n) is 3.84. The van der Waals surface area contributed by atoms with Gasteiger partial charge < -0.3 is 23.8 Å². The van der Waals surface area contributed by atoms with E-state index in [0.29, 0.717) is 36.8 Å². The van der Waals surface area contributed by atoms with Gasteiger partial charge in [-0.15, -0.1) is 0 Å². The molecule has 0 saturated carbocycles. The van der Waals surface area contributed by atoms with Crippen molar-refractivity contribution in [1.29, 1.82) is 0 Å². The van der Waals surface area contributed by atoms with Crippen LogP contribution in [0.2, 0.25) is 0 Å². The van der Waals surface area contributed by atoms with E-state index in [9.17, 15) is 9.59 Å². The zero-order valence-electron chi connectivity index (χ0n) is 20.2. The van der Waals surface area contributed by atoms with Crippen molar-refractivity contribution in [2.75, 3.05) is 48.1 Å². The molecule has 0 spiro atoms. The first-order chi connectivity index (χ1) is 16.4. The summed E-state index contributed by atoms with van der Waals surface area (Å²) in [6.07, 6.45) is 0.459. The fraction of sp³-hybridized carbons (Fsp3) is 0.400. The van der Waals surface area contributed by atoms with Gasteiger partial charge in [0.15, 0.2) is 0 Å². The van der Waals surface area contributed by atoms with Crippen LogP contribution in [-0.4, -0.2) is 75.6 Å². The summed E-state index contributed by atoms with van der Waals surface area (Å²) in [4.78, 5) is 27.0. The largest absolute Gasteiger partial charge is 0.497 e. The van der Waals surface area contributed by atoms with Gasteiger partial charge in [-0.1, -0.05) is 12.1 Å². The van der Waals surface area contributed by atoms with Crippen molar-refractivity contribution in [3.05, 3.63) is 53.6 Å². The number of carbonyl (C=O) groups excluding carboxylic acids is 2. The van der Waals surface area contributed by atoms with Crippen LogP contribution in [0.3, 0.4) is 0 Å². The van der Waals surface area contributed by atoms with E-state index < -0.39 is 6.04 Å². The molecule has 1 aliphatic heterocycles. The van der Waals surface area contributed by atoms with Gasteiger partial charge in [-0.3, -0.25) is 9.59 Å². The van der Waals surface area contributed by atoms with E-state index in [2.05, 4.69) is 0 Å². The van der Waals surface area contributed by atoms with Gasteiger partial charge in [0.25, 0.3) is 5.91 Å². The molecule has 3 rings (SSSR count). The molecule has 0 bridgehead atoms. The molecule has 0 aromatic heterocycles. The van der Waals surface area contributed by atoms with Crippen molar-refractivity contribution in [3.63, 3.8) is 0 Å². The molecule has 0 fully saturated rings. The van der Waals surface area contributed by atoms with E-state index in [-0.39, 0.29) is 18.4 Å². The highest BCUT2D eigenvalue weighted by atomic mass is 16.5. The van der Waals surface area contributed by atoms with Crippen LogP contribution in [0.25, 0.3) is 0 Å². The summed E-state index contributed by atoms with van der Waals surface area (Å²) in [6.45, 7) is 1.96. The van der Waals surface area contributed by atoms with Gasteiger partial charge in [-0.25, -0.2) is 5.01 Å². The Bertz CT molecular complexity index is 1050. The molecular weight excluding hydrogens is 438 g/mol. The third-order valence-corrected chi connectivity index (χ3v) is 5.70. The Balaban J connectivity index is 2.00. The summed E-state index contributed by atoms with van der Waals surface area (Å²) in [5.41, 5.74) is 2.35. The minimum Gasteiger partial charge on any atom is -0.497 e. The number of methoxy groups -OCH3 is 4. The first-order valence-corrected chi connectivity index (χ1v) is 10.9. The lowest BCUT2D eigenvalue weighted by Crippen LogP contribution is -2.41. The number of hydrazone groups is 1. The highest BCUT2D eigenvalue weighted by Crippen LogP contribution is 2.39. The summed E-state index contributed by atoms with van der Waals surface area (Å²) in [6, 6.07) is 12.6. The molecule has 0 aliphatic carbocycles. The van der Waals surface area contributed by atoms with Crippen molar-refractivity contribution >= 4 is 17.5 Å². The Morgan fingerprint density at radius 3 is 2.41 bits per heavy atom. The normalized spacial score (nSPS) is 15.0. The van der Waals surface area contributed by atoms with Crippen molar-refractivity contribution < 1.29 is 28.5 Å². The molecule has 2 aromatic rings. The predicted octanol–water partition coefficient (Wildman–Crippen LogP) is 2.89. The van der Waals surface area contributed by atoms with Gasteiger partial charge in [0.05, 0.1) is 39.7 Å². The molecule has 1 atom stereocenters. The highest BCUT2D eigenvalue weighted by molar-refractivity contribution is 6.03. The molecular formula is C25H31N3O6. The molecule has 9 heteroatoms. The van der Waals surface area contributed by atoms with E-state index in [4.69, 9.17) is 24.0 Å². The first-order valence-electron chi connectivity index (χ1n) is 10.9. The second-order valence-corrected chi connectivity index (χ2v) is 7.78. The molecule has 34 heavy (non-hydrogen) atoms. The Kier molecular flexibility index (Phi) is 8.48. The summed E-state index contributed by atoms with van der Waals surface area (Å²) in [5.74, 6) is 1.44. The zero-order chi connectivity index (χ0) is 24.7. The van der Waals surface area contributed by atoms with Gasteiger partial charge in [0.1, 0.15) is 23.8 Å². The number of carbonyl (C=O) groups is 2. The average molecular weight is 470 g/mol. The molecule has 0 N–H and O–H groups in total. The molecule has 2 aromatic carbocycles. The SMILES string of the molecule is COCCN(CC(=O)N1N=C(c2cccc(OC)c2)C[C@@H]1c1cc(OC)ccc1OC)C(C)=O. The smallest absolute Gasteiger partial charge is 0.262 e. The lowest BCUT2D eigenvalue weighted by Gasteiger charge is -2.27. The molecule has 2 amide bonds. The number of benzene rings is 2. The van der Waals surface area contributed by atoms with Crippen LogP contribution in [0.5, 0.6) is 17.2 Å². The summed E-state index contributed by atoms with van der Waals surface area (Å²) in [7, 11) is 6.32. The van der Waals surface area contributed by atoms with Gasteiger partial charge in [0, 0.05) is 38.1 Å². The Hall–Kier alpha value is -3.59. The number of ether oxygens (including phenoxy) is 4. The third kappa shape index (κ3) is 5.66. The van der Waals surface area contributed by atoms with Gasteiger partial charge in [-0.2, -0.15) is 5.10 Å². The number of hydrogen-bond acceptors (Lipinski definition) is 7. The maximum absolute atomic E-state index is 13.4. The van der Waals surface area contributed by atoms with Crippen molar-refractivity contribution in [2.45, 2.75) is 19.4 Å². The van der Waals surface area contributed by atoms with Gasteiger partial charge in [0.2, 0.25) is 5.91 Å². The van der Waals surface area contributed by atoms with Crippen molar-refractivity contribution in [3.8, 4) is 17.2 Å². The molecule has 1 aliphatic rings. The van der Waals surface area contributed by atoms with Crippen LogP contribution >= 0.6 is 0 Å². The van der Waals surface area contributed by atoms with Crippen LogP contribution in [0.15, 0.2) is 47.6 Å². The molecule has 9 nitrogen and oxygen atoms in total. The van der Waals surface area contributed by atoms with Crippen LogP contribution in [0, 0.1) is 0 Å². The van der Waals surface area contributed by atoms with Crippen LogP contribution in [-0.2, 0) is 14.3 Å². The fourth-order valence-corrected chi connectivity index (χ4v) is 3.84. The van der Waals surface area contributed by atoms with E-state index in [1.54, 1.807) is 40.6 Å². The Morgan fingerprint density at radius 1 is 1.03 bits per heavy atom. The molecule has 182 valence electrons. The number of rotatable bonds is 10. The molecule has 0 saturated heterocycles. The predicted molar refractivity (Wildman–Crippen MR) is 127 cm³/mol. The lowest BCUT2D eigenvalue weighted by atomic mass is 9.97. The van der Waals surface area contributed by atoms with Crippen LogP contribution in [0.4, 0.5) is 0 Å². The standard InChI is InChI=1S/C25H31N3O6/c1-17(29)27(11-12-31-2)16-25(30)28-23(21-14-20(33-4)9-10-24(21)34-5)15-22(26-28)18-7-6-8-19(13-18)32-3/h6-10,13-14,23H,11-12,15-16H2,1-5H3/t23-/m1/s1. The number of amides is 2. The minimum absolute atomic E-state index is 0.115. The monoisotopic (exact) mass is 469 g/mol. The van der Waals surface area contributed by atoms with E-state index in [1.807, 2.05) is 30.3 Å². The summed E-state index contributed by atoms with van der Waals surface area (Å²) >= 11 is 0. The number of nitrogens with zero attached hydrogens (tertiary/aromatic N) is 3. The number of hydrogen-bond donors (Lipinski definition) is 0. The van der Waals surface area contributed by atoms with E-state index in [1.165, 1.54) is 16.8 Å². The lowest BCUT2D eigenvalue weighted by molar-refractivity contribution is -0.141. The quantitative estimate of drug-likeness (QED) is 0.532. The van der Waals surface area contributed by atoms with Crippen LogP contribution in [0.1, 0.15) is 30.5 Å². The van der Waals surface area contributed by atoms with E-state index in [0.717, 1.165) is 16.8 Å². The van der Waals surface area contributed by atoms with Gasteiger partial charge in [-0.05, 0) is 30.3 Å². The van der Waals surface area contributed by atoms with Crippen molar-refractivity contribution in [1.82, 2.24) is 9.91 Å². The average Bonchev–Trinajstić information content (AvgIpc) is 3.31. The molecule has 0 unspecified atom stereocenters. The zero-order valence-corrected chi connectivity index (χ0v) is 20.2. The first kappa shape index (κ1) is 25.0. The van der Waals surface area contributed by atoms with E-state index >= 15 is 0 Å². The van der Waals surface area contributed by atoms with Gasteiger partial charge >= 0.3 is 0 Å². The topological polar surface area (TPSA) is 89.9 Å². The van der Waals surface area contributed by atoms with Crippen molar-refractivity contribution in [2.24, 2.45) is 5.10 Å². The summed E-state index contributed by atoms with van der Waals surface area (Å²) < 4.78 is 21.4. The Morgan fingerprint density at radius 2 is 1.76 bits per heavy atom. The van der Waals surface area contributed by atoms with Crippen LogP contribution < -0.4 is 14.2 Å². The highest BCUT2D eigenvalue weighted by Gasteiger charge is 2.36. The summed E-state index contributed by atoms with van der Waals surface area (Å²) in [5, 5.41) is 6.13. The Labute approximate surface area is 199 Å². The maximum Gasteiger partial charge on any atom is 0.262 e. The second kappa shape index (κ2) is 11.5. The molecule has 0 radical (unpaired) electrons. The molecule has 1 heterocycles.